The zero-order valence-electron chi connectivity index (χ0n) is 18.3. The first-order chi connectivity index (χ1) is 14.6. The number of nitrogens with zero attached hydrogens (tertiary/aromatic N) is 4. The molecule has 2 fully saturated rings. The van der Waals surface area contributed by atoms with Crippen LogP contribution in [0, 0.1) is 0 Å². The zero-order chi connectivity index (χ0) is 21.1. The SMILES string of the molecule is CCC(C)c1ccccc1NC(=O)C(C)Sc1nnc(N2CCCCC2)n1C1CC1. The van der Waals surface area contributed by atoms with E-state index in [9.17, 15) is 4.79 Å². The number of piperidine rings is 1. The van der Waals surface area contributed by atoms with Crippen LogP contribution in [0.2, 0.25) is 0 Å². The van der Waals surface area contributed by atoms with Gasteiger partial charge in [-0.15, -0.1) is 10.2 Å². The number of aromatic nitrogens is 3. The molecule has 1 saturated carbocycles. The predicted octanol–water partition coefficient (Wildman–Crippen LogP) is 5.24. The summed E-state index contributed by atoms with van der Waals surface area (Å²) >= 11 is 1.52. The second kappa shape index (κ2) is 9.41. The molecule has 1 aromatic carbocycles. The highest BCUT2D eigenvalue weighted by atomic mass is 32.2. The first kappa shape index (κ1) is 21.2. The molecular weight excluding hydrogens is 394 g/mol. The van der Waals surface area contributed by atoms with Gasteiger partial charge in [-0.3, -0.25) is 9.36 Å². The van der Waals surface area contributed by atoms with Crippen molar-refractivity contribution in [2.45, 2.75) is 81.7 Å². The average molecular weight is 428 g/mol. The third-order valence-corrected chi connectivity index (χ3v) is 7.27. The van der Waals surface area contributed by atoms with Crippen LogP contribution in [0.1, 0.15) is 76.8 Å². The average Bonchev–Trinajstić information content (AvgIpc) is 3.53. The van der Waals surface area contributed by atoms with Crippen molar-refractivity contribution in [3.05, 3.63) is 29.8 Å². The molecule has 2 atom stereocenters. The van der Waals surface area contributed by atoms with E-state index in [-0.39, 0.29) is 11.2 Å². The maximum absolute atomic E-state index is 13.0. The number of anilines is 2. The Morgan fingerprint density at radius 1 is 1.17 bits per heavy atom. The standard InChI is InChI=1S/C23H33N5OS/c1-4-16(2)19-10-6-7-11-20(19)24-21(29)17(3)30-23-26-25-22(28(23)18-12-13-18)27-14-8-5-9-15-27/h6-7,10-11,16-18H,4-5,8-9,12-15H2,1-3H3,(H,24,29). The van der Waals surface area contributed by atoms with Gasteiger partial charge in [-0.2, -0.15) is 0 Å². The molecule has 1 amide bonds. The molecule has 30 heavy (non-hydrogen) atoms. The summed E-state index contributed by atoms with van der Waals surface area (Å²) in [7, 11) is 0. The number of amides is 1. The fourth-order valence-electron chi connectivity index (χ4n) is 4.02. The number of carbonyl (C=O) groups is 1. The van der Waals surface area contributed by atoms with Crippen LogP contribution < -0.4 is 10.2 Å². The largest absolute Gasteiger partial charge is 0.341 e. The molecule has 6 nitrogen and oxygen atoms in total. The Kier molecular flexibility index (Phi) is 6.66. The number of para-hydroxylation sites is 1. The number of hydrogen-bond donors (Lipinski definition) is 1. The minimum Gasteiger partial charge on any atom is -0.341 e. The number of rotatable bonds is 8. The summed E-state index contributed by atoms with van der Waals surface area (Å²) < 4.78 is 2.28. The molecule has 7 heteroatoms. The highest BCUT2D eigenvalue weighted by molar-refractivity contribution is 8.00. The van der Waals surface area contributed by atoms with E-state index in [1.54, 1.807) is 0 Å². The van der Waals surface area contributed by atoms with E-state index in [1.165, 1.54) is 49.4 Å². The molecule has 1 aromatic heterocycles. The van der Waals surface area contributed by atoms with E-state index in [0.717, 1.165) is 36.3 Å². The maximum atomic E-state index is 13.0. The molecule has 2 heterocycles. The predicted molar refractivity (Wildman–Crippen MR) is 123 cm³/mol. The van der Waals surface area contributed by atoms with Gasteiger partial charge >= 0.3 is 0 Å². The van der Waals surface area contributed by atoms with E-state index in [0.29, 0.717) is 12.0 Å². The minimum absolute atomic E-state index is 0.0145. The van der Waals surface area contributed by atoms with Gasteiger partial charge in [0, 0.05) is 24.8 Å². The number of benzene rings is 1. The highest BCUT2D eigenvalue weighted by Gasteiger charge is 2.33. The summed E-state index contributed by atoms with van der Waals surface area (Å²) in [4.78, 5) is 15.4. The Morgan fingerprint density at radius 3 is 2.60 bits per heavy atom. The fraction of sp³-hybridized carbons (Fsp3) is 0.609. The highest BCUT2D eigenvalue weighted by Crippen LogP contribution is 2.42. The second-order valence-corrected chi connectivity index (χ2v) is 9.89. The van der Waals surface area contributed by atoms with Crippen molar-refractivity contribution >= 4 is 29.3 Å². The number of thioether (sulfide) groups is 1. The Labute approximate surface area is 183 Å². The van der Waals surface area contributed by atoms with Crippen LogP contribution in [0.5, 0.6) is 0 Å². The molecule has 2 aromatic rings. The molecule has 0 bridgehead atoms. The summed E-state index contributed by atoms with van der Waals surface area (Å²) in [6.07, 6.45) is 7.12. The van der Waals surface area contributed by atoms with Crippen LogP contribution in [0.3, 0.4) is 0 Å². The number of carbonyl (C=O) groups excluding carboxylic acids is 1. The monoisotopic (exact) mass is 427 g/mol. The molecule has 4 rings (SSSR count). The third kappa shape index (κ3) is 4.66. The Hall–Kier alpha value is -2.02. The first-order valence-corrected chi connectivity index (χ1v) is 12.2. The van der Waals surface area contributed by atoms with Crippen molar-refractivity contribution in [3.8, 4) is 0 Å². The van der Waals surface area contributed by atoms with Crippen LogP contribution >= 0.6 is 11.8 Å². The molecule has 162 valence electrons. The zero-order valence-corrected chi connectivity index (χ0v) is 19.1. The summed E-state index contributed by atoms with van der Waals surface area (Å²) in [6.45, 7) is 8.43. The van der Waals surface area contributed by atoms with Gasteiger partial charge in [0.1, 0.15) is 0 Å². The van der Waals surface area contributed by atoms with E-state index in [2.05, 4.69) is 44.9 Å². The van der Waals surface area contributed by atoms with Crippen LogP contribution in [-0.2, 0) is 4.79 Å². The third-order valence-electron chi connectivity index (χ3n) is 6.21. The van der Waals surface area contributed by atoms with Gasteiger partial charge in [0.15, 0.2) is 5.16 Å². The topological polar surface area (TPSA) is 63.1 Å². The van der Waals surface area contributed by atoms with Gasteiger partial charge in [-0.1, -0.05) is 43.8 Å². The lowest BCUT2D eigenvalue weighted by molar-refractivity contribution is -0.115. The summed E-state index contributed by atoms with van der Waals surface area (Å²) in [6, 6.07) is 8.61. The van der Waals surface area contributed by atoms with Crippen LogP contribution in [0.25, 0.3) is 0 Å². The van der Waals surface area contributed by atoms with E-state index >= 15 is 0 Å². The van der Waals surface area contributed by atoms with Gasteiger partial charge in [-0.25, -0.2) is 0 Å². The Balaban J connectivity index is 1.47. The summed E-state index contributed by atoms with van der Waals surface area (Å²) in [5, 5.41) is 12.8. The molecule has 0 radical (unpaired) electrons. The summed E-state index contributed by atoms with van der Waals surface area (Å²) in [5.41, 5.74) is 2.11. The lowest BCUT2D eigenvalue weighted by Gasteiger charge is -2.28. The molecule has 0 spiro atoms. The fourth-order valence-corrected chi connectivity index (χ4v) is 4.93. The normalized spacial score (nSPS) is 18.8. The van der Waals surface area contributed by atoms with Gasteiger partial charge in [0.05, 0.1) is 5.25 Å². The first-order valence-electron chi connectivity index (χ1n) is 11.3. The lowest BCUT2D eigenvalue weighted by Crippen LogP contribution is -2.32. The van der Waals surface area contributed by atoms with Crippen LogP contribution in [0.4, 0.5) is 11.6 Å². The molecule has 1 aliphatic carbocycles. The molecule has 2 aliphatic rings. The number of nitrogens with one attached hydrogen (secondary N) is 1. The molecule has 2 unspecified atom stereocenters. The van der Waals surface area contributed by atoms with Crippen molar-refractivity contribution < 1.29 is 4.79 Å². The minimum atomic E-state index is -0.245. The van der Waals surface area contributed by atoms with Crippen LogP contribution in [-0.4, -0.2) is 39.0 Å². The lowest BCUT2D eigenvalue weighted by atomic mass is 9.97. The van der Waals surface area contributed by atoms with Crippen molar-refractivity contribution in [1.82, 2.24) is 14.8 Å². The van der Waals surface area contributed by atoms with Crippen molar-refractivity contribution in [2.24, 2.45) is 0 Å². The van der Waals surface area contributed by atoms with Crippen LogP contribution in [0.15, 0.2) is 29.4 Å². The van der Waals surface area contributed by atoms with Gasteiger partial charge in [0.2, 0.25) is 11.9 Å². The Bertz CT molecular complexity index is 872. The molecular formula is C23H33N5OS. The second-order valence-electron chi connectivity index (χ2n) is 8.58. The number of hydrogen-bond acceptors (Lipinski definition) is 5. The quantitative estimate of drug-likeness (QED) is 0.584. The summed E-state index contributed by atoms with van der Waals surface area (Å²) in [5.74, 6) is 1.42. The molecule has 1 saturated heterocycles. The van der Waals surface area contributed by atoms with E-state index in [1.807, 2.05) is 25.1 Å². The van der Waals surface area contributed by atoms with Crippen molar-refractivity contribution in [3.63, 3.8) is 0 Å². The van der Waals surface area contributed by atoms with Gasteiger partial charge in [0.25, 0.3) is 0 Å². The molecule has 1 N–H and O–H groups in total. The van der Waals surface area contributed by atoms with E-state index < -0.39 is 0 Å². The van der Waals surface area contributed by atoms with E-state index in [4.69, 9.17) is 0 Å². The Morgan fingerprint density at radius 2 is 1.90 bits per heavy atom. The molecule has 1 aliphatic heterocycles. The van der Waals surface area contributed by atoms with Gasteiger partial charge in [-0.05, 0) is 63.0 Å². The maximum Gasteiger partial charge on any atom is 0.237 e. The smallest absolute Gasteiger partial charge is 0.237 e. The van der Waals surface area contributed by atoms with Crippen molar-refractivity contribution in [2.75, 3.05) is 23.3 Å². The van der Waals surface area contributed by atoms with Crippen molar-refractivity contribution in [1.29, 1.82) is 0 Å². The van der Waals surface area contributed by atoms with Gasteiger partial charge < -0.3 is 10.2 Å².